The van der Waals surface area contributed by atoms with E-state index >= 15 is 0 Å². The van der Waals surface area contributed by atoms with Gasteiger partial charge in [0.2, 0.25) is 0 Å². The molecule has 0 atom stereocenters. The molecule has 0 bridgehead atoms. The second-order valence-electron chi connectivity index (χ2n) is 5.18. The highest BCUT2D eigenvalue weighted by atomic mass is 16.5. The van der Waals surface area contributed by atoms with Gasteiger partial charge in [-0.3, -0.25) is 9.59 Å². The monoisotopic (exact) mass is 312 g/mol. The van der Waals surface area contributed by atoms with Crippen LogP contribution in [-0.4, -0.2) is 18.4 Å². The van der Waals surface area contributed by atoms with Gasteiger partial charge in [0.25, 0.3) is 5.91 Å². The lowest BCUT2D eigenvalue weighted by Gasteiger charge is -2.13. The maximum absolute atomic E-state index is 11.5. The van der Waals surface area contributed by atoms with Crippen LogP contribution in [0, 0.1) is 0 Å². The van der Waals surface area contributed by atoms with Gasteiger partial charge in [-0.15, -0.1) is 0 Å². The second kappa shape index (κ2) is 8.10. The molecule has 0 saturated carbocycles. The average molecular weight is 312 g/mol. The molecule has 5 heteroatoms. The Kier molecular flexibility index (Phi) is 5.88. The molecule has 0 saturated heterocycles. The summed E-state index contributed by atoms with van der Waals surface area (Å²) in [5.41, 5.74) is 12.9. The zero-order valence-corrected chi connectivity index (χ0v) is 12.8. The van der Waals surface area contributed by atoms with Crippen molar-refractivity contribution < 1.29 is 14.3 Å². The Morgan fingerprint density at radius 3 is 2.35 bits per heavy atom. The van der Waals surface area contributed by atoms with E-state index in [9.17, 15) is 9.59 Å². The van der Waals surface area contributed by atoms with Crippen LogP contribution in [0.3, 0.4) is 0 Å². The van der Waals surface area contributed by atoms with Crippen molar-refractivity contribution in [2.24, 2.45) is 11.5 Å². The van der Waals surface area contributed by atoms with Crippen LogP contribution in [0.4, 0.5) is 0 Å². The van der Waals surface area contributed by atoms with Gasteiger partial charge in [0.1, 0.15) is 5.75 Å². The minimum absolute atomic E-state index is 0.198. The van der Waals surface area contributed by atoms with Crippen molar-refractivity contribution >= 4 is 11.9 Å². The highest BCUT2D eigenvalue weighted by Gasteiger charge is 2.16. The number of ether oxygens (including phenoxy) is 1. The number of amides is 1. The van der Waals surface area contributed by atoms with Crippen LogP contribution in [-0.2, 0) is 17.6 Å². The summed E-state index contributed by atoms with van der Waals surface area (Å²) in [4.78, 5) is 23.0. The molecular formula is C18H20N2O3. The van der Waals surface area contributed by atoms with Crippen LogP contribution in [0.15, 0.2) is 48.5 Å². The Labute approximate surface area is 135 Å². The van der Waals surface area contributed by atoms with Crippen LogP contribution in [0.5, 0.6) is 5.75 Å². The summed E-state index contributed by atoms with van der Waals surface area (Å²) < 4.78 is 5.23. The fraction of sp³-hybridized carbons (Fsp3) is 0.222. The van der Waals surface area contributed by atoms with Gasteiger partial charge in [-0.25, -0.2) is 0 Å². The number of rotatable bonds is 7. The molecule has 0 unspecified atom stereocenters. The summed E-state index contributed by atoms with van der Waals surface area (Å²) in [6, 6.07) is 15.2. The van der Waals surface area contributed by atoms with Gasteiger partial charge >= 0.3 is 5.97 Å². The number of hydrogen-bond acceptors (Lipinski definition) is 4. The summed E-state index contributed by atoms with van der Waals surface area (Å²) in [6.07, 6.45) is 2.43. The van der Waals surface area contributed by atoms with Crippen molar-refractivity contribution in [3.63, 3.8) is 0 Å². The number of primary amides is 1. The van der Waals surface area contributed by atoms with E-state index in [4.69, 9.17) is 16.2 Å². The summed E-state index contributed by atoms with van der Waals surface area (Å²) >= 11 is 0. The fourth-order valence-corrected chi connectivity index (χ4v) is 2.38. The lowest BCUT2D eigenvalue weighted by molar-refractivity contribution is -0.132. The van der Waals surface area contributed by atoms with Crippen LogP contribution < -0.4 is 16.2 Å². The van der Waals surface area contributed by atoms with E-state index in [0.717, 1.165) is 18.4 Å². The zero-order valence-electron chi connectivity index (χ0n) is 12.8. The first-order valence-electron chi connectivity index (χ1n) is 7.48. The predicted molar refractivity (Wildman–Crippen MR) is 88.1 cm³/mol. The van der Waals surface area contributed by atoms with Crippen molar-refractivity contribution in [1.29, 1.82) is 0 Å². The van der Waals surface area contributed by atoms with Crippen molar-refractivity contribution in [3.05, 3.63) is 65.2 Å². The first-order chi connectivity index (χ1) is 11.1. The summed E-state index contributed by atoms with van der Waals surface area (Å²) in [5, 5.41) is 0. The lowest BCUT2D eigenvalue weighted by atomic mass is 10.0. The molecule has 120 valence electrons. The molecule has 0 radical (unpaired) electrons. The fourth-order valence-electron chi connectivity index (χ4n) is 2.38. The molecular weight excluding hydrogens is 292 g/mol. The van der Waals surface area contributed by atoms with Gasteiger partial charge < -0.3 is 16.2 Å². The largest absolute Gasteiger partial charge is 0.424 e. The van der Waals surface area contributed by atoms with Gasteiger partial charge in [0.15, 0.2) is 0 Å². The Morgan fingerprint density at radius 2 is 1.70 bits per heavy atom. The highest BCUT2D eigenvalue weighted by molar-refractivity contribution is 5.97. The molecule has 2 rings (SSSR count). The molecule has 0 spiro atoms. The first kappa shape index (κ1) is 16.7. The molecule has 23 heavy (non-hydrogen) atoms. The predicted octanol–water partition coefficient (Wildman–Crippen LogP) is 1.82. The SMILES string of the molecule is NCC(=O)Oc1c(CCCc2ccccc2)cccc1C(N)=O. The third-order valence-electron chi connectivity index (χ3n) is 3.50. The Morgan fingerprint density at radius 1 is 0.957 bits per heavy atom. The van der Waals surface area contributed by atoms with Crippen LogP contribution in [0.25, 0.3) is 0 Å². The molecule has 0 fully saturated rings. The van der Waals surface area contributed by atoms with Gasteiger partial charge in [-0.1, -0.05) is 42.5 Å². The van der Waals surface area contributed by atoms with E-state index in [2.05, 4.69) is 12.1 Å². The van der Waals surface area contributed by atoms with E-state index in [1.54, 1.807) is 12.1 Å². The topological polar surface area (TPSA) is 95.4 Å². The number of benzene rings is 2. The van der Waals surface area contributed by atoms with Crippen molar-refractivity contribution in [3.8, 4) is 5.75 Å². The van der Waals surface area contributed by atoms with Gasteiger partial charge in [-0.05, 0) is 36.5 Å². The molecule has 2 aromatic rings. The van der Waals surface area contributed by atoms with Crippen LogP contribution in [0.2, 0.25) is 0 Å². The van der Waals surface area contributed by atoms with Gasteiger partial charge in [0, 0.05) is 0 Å². The maximum atomic E-state index is 11.5. The number of aryl methyl sites for hydroxylation is 2. The number of nitrogens with two attached hydrogens (primary N) is 2. The number of para-hydroxylation sites is 1. The molecule has 1 amide bonds. The van der Waals surface area contributed by atoms with Crippen molar-refractivity contribution in [2.45, 2.75) is 19.3 Å². The zero-order chi connectivity index (χ0) is 16.7. The molecule has 4 N–H and O–H groups in total. The van der Waals surface area contributed by atoms with E-state index in [-0.39, 0.29) is 17.9 Å². The molecule has 5 nitrogen and oxygen atoms in total. The Balaban J connectivity index is 2.14. The Bertz CT molecular complexity index is 684. The summed E-state index contributed by atoms with van der Waals surface area (Å²) in [7, 11) is 0. The second-order valence-corrected chi connectivity index (χ2v) is 5.18. The smallest absolute Gasteiger partial charge is 0.325 e. The molecule has 0 aromatic heterocycles. The number of esters is 1. The first-order valence-corrected chi connectivity index (χ1v) is 7.48. The van der Waals surface area contributed by atoms with E-state index in [1.165, 1.54) is 5.56 Å². The molecule has 0 heterocycles. The van der Waals surface area contributed by atoms with E-state index in [1.807, 2.05) is 24.3 Å². The molecule has 2 aromatic carbocycles. The lowest BCUT2D eigenvalue weighted by Crippen LogP contribution is -2.22. The minimum atomic E-state index is -0.630. The van der Waals surface area contributed by atoms with Crippen molar-refractivity contribution in [1.82, 2.24) is 0 Å². The van der Waals surface area contributed by atoms with Crippen LogP contribution >= 0.6 is 0 Å². The van der Waals surface area contributed by atoms with E-state index < -0.39 is 11.9 Å². The average Bonchev–Trinajstić information content (AvgIpc) is 2.56. The van der Waals surface area contributed by atoms with Gasteiger partial charge in [-0.2, -0.15) is 0 Å². The molecule has 0 aliphatic rings. The minimum Gasteiger partial charge on any atom is -0.424 e. The molecule has 0 aliphatic carbocycles. The van der Waals surface area contributed by atoms with Crippen LogP contribution in [0.1, 0.15) is 27.9 Å². The highest BCUT2D eigenvalue weighted by Crippen LogP contribution is 2.26. The molecule has 0 aliphatic heterocycles. The third-order valence-corrected chi connectivity index (χ3v) is 3.50. The summed E-state index contributed by atoms with van der Waals surface area (Å²) in [6.45, 7) is -0.253. The Hall–Kier alpha value is -2.66. The number of carbonyl (C=O) groups excluding carboxylic acids is 2. The number of carbonyl (C=O) groups is 2. The maximum Gasteiger partial charge on any atom is 0.325 e. The standard InChI is InChI=1S/C18H20N2O3/c19-12-16(21)23-17-14(10-5-11-15(17)18(20)22)9-4-8-13-6-2-1-3-7-13/h1-3,5-7,10-11H,4,8-9,12,19H2,(H2,20,22). The van der Waals surface area contributed by atoms with E-state index in [0.29, 0.717) is 6.42 Å². The normalized spacial score (nSPS) is 10.3. The summed E-state index contributed by atoms with van der Waals surface area (Å²) in [5.74, 6) is -0.999. The quantitative estimate of drug-likeness (QED) is 0.602. The third kappa shape index (κ3) is 4.66. The van der Waals surface area contributed by atoms with Crippen molar-refractivity contribution in [2.75, 3.05) is 6.54 Å². The van der Waals surface area contributed by atoms with Gasteiger partial charge in [0.05, 0.1) is 12.1 Å². The number of hydrogen-bond donors (Lipinski definition) is 2.